The summed E-state index contributed by atoms with van der Waals surface area (Å²) in [5.41, 5.74) is -5.24. The summed E-state index contributed by atoms with van der Waals surface area (Å²) >= 11 is 0. The molecule has 0 aromatic rings. The van der Waals surface area contributed by atoms with E-state index in [1.54, 1.807) is 6.92 Å². The van der Waals surface area contributed by atoms with Gasteiger partial charge in [0, 0.05) is 0 Å². The van der Waals surface area contributed by atoms with Crippen molar-refractivity contribution in [2.24, 2.45) is 34.5 Å². The van der Waals surface area contributed by atoms with Gasteiger partial charge in [0.1, 0.15) is 0 Å². The second-order valence-corrected chi connectivity index (χ2v) is 7.98. The van der Waals surface area contributed by atoms with Crippen LogP contribution in [-0.2, 0) is 0 Å². The molecule has 3 aliphatic rings. The SMILES string of the molecule is CC1C2C(C)C23CC(CC(O)(C(F)(F)F)C(F)(F)F)C1(C)C3. The van der Waals surface area contributed by atoms with E-state index in [9.17, 15) is 31.4 Å². The second kappa shape index (κ2) is 3.95. The number of halogens is 6. The third-order valence-corrected chi connectivity index (χ3v) is 7.33. The van der Waals surface area contributed by atoms with Gasteiger partial charge >= 0.3 is 12.4 Å². The fourth-order valence-electron chi connectivity index (χ4n) is 5.88. The molecule has 128 valence electrons. The highest BCUT2D eigenvalue weighted by Gasteiger charge is 2.80. The van der Waals surface area contributed by atoms with E-state index in [-0.39, 0.29) is 11.3 Å². The predicted octanol–water partition coefficient (Wildman–Crippen LogP) is 4.55. The maximum absolute atomic E-state index is 12.9. The largest absolute Gasteiger partial charge is 0.426 e. The first-order valence-electron chi connectivity index (χ1n) is 7.56. The van der Waals surface area contributed by atoms with Gasteiger partial charge in [0.15, 0.2) is 0 Å². The molecule has 0 amide bonds. The van der Waals surface area contributed by atoms with Crippen molar-refractivity contribution in [3.05, 3.63) is 0 Å². The zero-order valence-electron chi connectivity index (χ0n) is 12.6. The fraction of sp³-hybridized carbons (Fsp3) is 1.00. The van der Waals surface area contributed by atoms with Crippen LogP contribution in [0.4, 0.5) is 26.3 Å². The van der Waals surface area contributed by atoms with Crippen molar-refractivity contribution in [1.29, 1.82) is 0 Å². The third kappa shape index (κ3) is 1.66. The number of hydrogen-bond donors (Lipinski definition) is 1. The Morgan fingerprint density at radius 2 is 1.50 bits per heavy atom. The van der Waals surface area contributed by atoms with E-state index >= 15 is 0 Å². The highest BCUT2D eigenvalue weighted by atomic mass is 19.4. The Morgan fingerprint density at radius 3 is 1.86 bits per heavy atom. The Hall–Kier alpha value is -0.460. The molecule has 22 heavy (non-hydrogen) atoms. The van der Waals surface area contributed by atoms with Gasteiger partial charge in [0.05, 0.1) is 0 Å². The zero-order valence-corrected chi connectivity index (χ0v) is 12.6. The minimum absolute atomic E-state index is 0.0864. The number of aliphatic hydroxyl groups is 1. The normalized spacial score (nSPS) is 47.7. The summed E-state index contributed by atoms with van der Waals surface area (Å²) in [6.45, 7) is 5.76. The highest BCUT2D eigenvalue weighted by Crippen LogP contribution is 2.84. The van der Waals surface area contributed by atoms with Gasteiger partial charge < -0.3 is 5.11 Å². The van der Waals surface area contributed by atoms with Crippen LogP contribution in [0.25, 0.3) is 0 Å². The van der Waals surface area contributed by atoms with E-state index in [0.29, 0.717) is 24.7 Å². The van der Waals surface area contributed by atoms with E-state index in [4.69, 9.17) is 0 Å². The van der Waals surface area contributed by atoms with Crippen molar-refractivity contribution in [3.8, 4) is 0 Å². The first-order chi connectivity index (χ1) is 9.71. The van der Waals surface area contributed by atoms with E-state index in [2.05, 4.69) is 0 Å². The van der Waals surface area contributed by atoms with Crippen LogP contribution in [-0.4, -0.2) is 23.1 Å². The van der Waals surface area contributed by atoms with Crippen molar-refractivity contribution in [1.82, 2.24) is 0 Å². The van der Waals surface area contributed by atoms with Gasteiger partial charge in [-0.1, -0.05) is 20.8 Å². The molecule has 0 aliphatic heterocycles. The van der Waals surface area contributed by atoms with Gasteiger partial charge in [-0.05, 0) is 53.8 Å². The van der Waals surface area contributed by atoms with Crippen molar-refractivity contribution in [2.45, 2.75) is 58.0 Å². The number of fused-ring (bicyclic) bond motifs is 1. The zero-order chi connectivity index (χ0) is 16.9. The van der Waals surface area contributed by atoms with Gasteiger partial charge in [-0.3, -0.25) is 0 Å². The summed E-state index contributed by atoms with van der Waals surface area (Å²) in [5.74, 6) is 0.132. The molecule has 3 rings (SSSR count). The summed E-state index contributed by atoms with van der Waals surface area (Å²) in [6, 6.07) is 0. The predicted molar refractivity (Wildman–Crippen MR) is 66.8 cm³/mol. The molecule has 1 nitrogen and oxygen atoms in total. The minimum Gasteiger partial charge on any atom is -0.374 e. The summed E-state index contributed by atoms with van der Waals surface area (Å²) in [4.78, 5) is 0. The first kappa shape index (κ1) is 16.4. The van der Waals surface area contributed by atoms with Crippen LogP contribution in [0.1, 0.15) is 40.0 Å². The molecule has 2 bridgehead atoms. The summed E-state index contributed by atoms with van der Waals surface area (Å²) < 4.78 is 77.6. The molecule has 0 aromatic carbocycles. The lowest BCUT2D eigenvalue weighted by Crippen LogP contribution is -2.58. The van der Waals surface area contributed by atoms with E-state index in [0.717, 1.165) is 0 Å². The van der Waals surface area contributed by atoms with Crippen molar-refractivity contribution in [3.63, 3.8) is 0 Å². The number of rotatable bonds is 2. The molecule has 0 aromatic heterocycles. The summed E-state index contributed by atoms with van der Waals surface area (Å²) in [5, 5.41) is 9.49. The van der Waals surface area contributed by atoms with Gasteiger partial charge in [0.25, 0.3) is 5.60 Å². The topological polar surface area (TPSA) is 20.2 Å². The average molecular weight is 330 g/mol. The number of hydrogen-bond acceptors (Lipinski definition) is 1. The molecule has 7 heteroatoms. The lowest BCUT2D eigenvalue weighted by Gasteiger charge is -2.42. The molecule has 0 radical (unpaired) electrons. The molecule has 3 aliphatic carbocycles. The Balaban J connectivity index is 1.90. The second-order valence-electron chi connectivity index (χ2n) is 7.98. The first-order valence-corrected chi connectivity index (χ1v) is 7.56. The molecule has 0 saturated heterocycles. The van der Waals surface area contributed by atoms with E-state index < -0.39 is 35.7 Å². The molecule has 0 heterocycles. The van der Waals surface area contributed by atoms with Crippen LogP contribution in [0.15, 0.2) is 0 Å². The van der Waals surface area contributed by atoms with Crippen molar-refractivity contribution >= 4 is 0 Å². The molecular formula is C15H20F6O. The van der Waals surface area contributed by atoms with Gasteiger partial charge in [0.2, 0.25) is 0 Å². The van der Waals surface area contributed by atoms with Crippen LogP contribution < -0.4 is 0 Å². The average Bonchev–Trinajstić information content (AvgIpc) is 2.63. The van der Waals surface area contributed by atoms with Crippen molar-refractivity contribution in [2.75, 3.05) is 0 Å². The Bertz CT molecular complexity index is 483. The standard InChI is InChI=1S/C15H20F6O/c1-7-10-8(2)12(10)4-9(11(7,3)6-12)5-13(22,14(16,17)18)15(19,20)21/h7-10,22H,4-6H2,1-3H3. The van der Waals surface area contributed by atoms with E-state index in [1.165, 1.54) is 0 Å². The van der Waals surface area contributed by atoms with Crippen LogP contribution in [0.3, 0.4) is 0 Å². The molecule has 1 N–H and O–H groups in total. The quantitative estimate of drug-likeness (QED) is 0.737. The maximum atomic E-state index is 12.9. The Morgan fingerprint density at radius 1 is 1.00 bits per heavy atom. The molecule has 3 saturated carbocycles. The van der Waals surface area contributed by atoms with Crippen LogP contribution >= 0.6 is 0 Å². The lowest BCUT2D eigenvalue weighted by molar-refractivity contribution is -0.374. The van der Waals surface area contributed by atoms with Crippen LogP contribution in [0.5, 0.6) is 0 Å². The maximum Gasteiger partial charge on any atom is 0.426 e. The third-order valence-electron chi connectivity index (χ3n) is 7.33. The smallest absolute Gasteiger partial charge is 0.374 e. The van der Waals surface area contributed by atoms with Gasteiger partial charge in [-0.25, -0.2) is 0 Å². The fourth-order valence-corrected chi connectivity index (χ4v) is 5.88. The lowest BCUT2D eigenvalue weighted by atomic mass is 9.65. The monoisotopic (exact) mass is 330 g/mol. The molecule has 6 atom stereocenters. The van der Waals surface area contributed by atoms with Crippen LogP contribution in [0, 0.1) is 34.5 Å². The van der Waals surface area contributed by atoms with Crippen molar-refractivity contribution < 1.29 is 31.4 Å². The number of alkyl halides is 6. The van der Waals surface area contributed by atoms with E-state index in [1.807, 2.05) is 13.8 Å². The van der Waals surface area contributed by atoms with Gasteiger partial charge in [-0.15, -0.1) is 0 Å². The summed E-state index contributed by atoms with van der Waals surface area (Å²) in [6.07, 6.45) is -11.6. The van der Waals surface area contributed by atoms with Crippen LogP contribution in [0.2, 0.25) is 0 Å². The molecular weight excluding hydrogens is 310 g/mol. The highest BCUT2D eigenvalue weighted by molar-refractivity contribution is 5.27. The van der Waals surface area contributed by atoms with Gasteiger partial charge in [-0.2, -0.15) is 26.3 Å². The Labute approximate surface area is 125 Å². The molecule has 3 fully saturated rings. The Kier molecular flexibility index (Phi) is 2.95. The summed E-state index contributed by atoms with van der Waals surface area (Å²) in [7, 11) is 0. The molecule has 6 unspecified atom stereocenters. The minimum atomic E-state index is -5.71. The molecule has 1 spiro atoms.